The first-order valence-corrected chi connectivity index (χ1v) is 7.41. The van der Waals surface area contributed by atoms with Gasteiger partial charge >= 0.3 is 0 Å². The predicted molar refractivity (Wildman–Crippen MR) is 83.3 cm³/mol. The maximum atomic E-state index is 4.27. The number of aromatic nitrogens is 1. The summed E-state index contributed by atoms with van der Waals surface area (Å²) in [6.45, 7) is 5.31. The Labute approximate surface area is 123 Å². The molecule has 0 aliphatic carbocycles. The van der Waals surface area contributed by atoms with Crippen molar-refractivity contribution in [3.63, 3.8) is 0 Å². The van der Waals surface area contributed by atoms with Gasteiger partial charge in [-0.1, -0.05) is 35.0 Å². The molecule has 1 N–H and O–H groups in total. The van der Waals surface area contributed by atoms with Gasteiger partial charge < -0.3 is 5.32 Å². The average molecular weight is 319 g/mol. The lowest BCUT2D eigenvalue weighted by Crippen LogP contribution is -2.24. The van der Waals surface area contributed by atoms with Crippen molar-refractivity contribution in [2.75, 3.05) is 6.54 Å². The van der Waals surface area contributed by atoms with E-state index in [-0.39, 0.29) is 6.04 Å². The smallest absolute Gasteiger partial charge is 0.0595 e. The highest BCUT2D eigenvalue weighted by atomic mass is 79.9. The van der Waals surface area contributed by atoms with E-state index in [0.29, 0.717) is 0 Å². The van der Waals surface area contributed by atoms with Gasteiger partial charge in [-0.2, -0.15) is 0 Å². The third kappa shape index (κ3) is 3.64. The van der Waals surface area contributed by atoms with E-state index in [0.717, 1.165) is 17.4 Å². The van der Waals surface area contributed by atoms with E-state index in [1.54, 1.807) is 0 Å². The Morgan fingerprint density at radius 3 is 2.84 bits per heavy atom. The summed E-state index contributed by atoms with van der Waals surface area (Å²) in [6.07, 6.45) is 4.92. The van der Waals surface area contributed by atoms with Crippen LogP contribution in [0.1, 0.15) is 36.1 Å². The zero-order valence-corrected chi connectivity index (χ0v) is 12.9. The van der Waals surface area contributed by atoms with Crippen molar-refractivity contribution in [3.8, 4) is 0 Å². The van der Waals surface area contributed by atoms with Gasteiger partial charge in [0.2, 0.25) is 0 Å². The third-order valence-corrected chi connectivity index (χ3v) is 3.66. The summed E-state index contributed by atoms with van der Waals surface area (Å²) < 4.78 is 1.11. The molecule has 0 saturated heterocycles. The van der Waals surface area contributed by atoms with Crippen molar-refractivity contribution in [1.82, 2.24) is 10.3 Å². The number of rotatable bonds is 5. The number of hydrogen-bond acceptors (Lipinski definition) is 2. The van der Waals surface area contributed by atoms with Crippen molar-refractivity contribution >= 4 is 15.9 Å². The van der Waals surface area contributed by atoms with Gasteiger partial charge in [-0.25, -0.2) is 0 Å². The van der Waals surface area contributed by atoms with Crippen LogP contribution in [0.25, 0.3) is 0 Å². The summed E-state index contributed by atoms with van der Waals surface area (Å²) in [5.41, 5.74) is 3.77. The molecule has 0 saturated carbocycles. The molecule has 0 fully saturated rings. The van der Waals surface area contributed by atoms with E-state index in [9.17, 15) is 0 Å². The number of benzene rings is 1. The predicted octanol–water partition coefficient (Wildman–Crippen LogP) is 4.24. The van der Waals surface area contributed by atoms with Crippen LogP contribution in [0.2, 0.25) is 0 Å². The first-order chi connectivity index (χ1) is 9.22. The van der Waals surface area contributed by atoms with E-state index in [1.807, 2.05) is 12.4 Å². The van der Waals surface area contributed by atoms with Crippen LogP contribution < -0.4 is 5.32 Å². The second-order valence-corrected chi connectivity index (χ2v) is 5.59. The molecule has 0 bridgehead atoms. The Balaban J connectivity index is 2.38. The van der Waals surface area contributed by atoms with E-state index in [1.165, 1.54) is 16.7 Å². The number of aryl methyl sites for hydroxylation is 1. The molecule has 2 aromatic rings. The van der Waals surface area contributed by atoms with E-state index in [2.05, 4.69) is 70.4 Å². The van der Waals surface area contributed by atoms with Crippen molar-refractivity contribution in [1.29, 1.82) is 0 Å². The Kier molecular flexibility index (Phi) is 5.11. The summed E-state index contributed by atoms with van der Waals surface area (Å²) >= 11 is 3.55. The molecule has 0 aliphatic heterocycles. The fourth-order valence-corrected chi connectivity index (χ4v) is 2.58. The molecule has 1 unspecified atom stereocenters. The monoisotopic (exact) mass is 318 g/mol. The number of nitrogens with one attached hydrogen (secondary N) is 1. The quantitative estimate of drug-likeness (QED) is 0.891. The molecule has 1 aromatic heterocycles. The molecule has 2 rings (SSSR count). The molecule has 2 nitrogen and oxygen atoms in total. The number of hydrogen-bond donors (Lipinski definition) is 1. The highest BCUT2D eigenvalue weighted by Crippen LogP contribution is 2.26. The largest absolute Gasteiger partial charge is 0.306 e. The summed E-state index contributed by atoms with van der Waals surface area (Å²) in [7, 11) is 0. The lowest BCUT2D eigenvalue weighted by molar-refractivity contribution is 0.594. The molecule has 0 amide bonds. The van der Waals surface area contributed by atoms with Crippen LogP contribution >= 0.6 is 15.9 Å². The Morgan fingerprint density at radius 2 is 2.16 bits per heavy atom. The molecular weight excluding hydrogens is 300 g/mol. The van der Waals surface area contributed by atoms with Gasteiger partial charge in [0.05, 0.1) is 6.04 Å². The summed E-state index contributed by atoms with van der Waals surface area (Å²) in [6, 6.07) is 10.7. The van der Waals surface area contributed by atoms with E-state index in [4.69, 9.17) is 0 Å². The highest BCUT2D eigenvalue weighted by Gasteiger charge is 2.15. The first kappa shape index (κ1) is 14.2. The van der Waals surface area contributed by atoms with Gasteiger partial charge in [0, 0.05) is 16.9 Å². The first-order valence-electron chi connectivity index (χ1n) is 6.61. The fourth-order valence-electron chi connectivity index (χ4n) is 2.16. The van der Waals surface area contributed by atoms with Crippen molar-refractivity contribution in [2.24, 2.45) is 0 Å². The SMILES string of the molecule is CCCNC(c1cccc(Br)c1)c1cnccc1C. The van der Waals surface area contributed by atoms with Gasteiger partial charge in [0.25, 0.3) is 0 Å². The van der Waals surface area contributed by atoms with Crippen LogP contribution in [-0.4, -0.2) is 11.5 Å². The van der Waals surface area contributed by atoms with Crippen LogP contribution in [-0.2, 0) is 0 Å². The third-order valence-electron chi connectivity index (χ3n) is 3.17. The molecule has 100 valence electrons. The summed E-state index contributed by atoms with van der Waals surface area (Å²) in [5, 5.41) is 3.61. The highest BCUT2D eigenvalue weighted by molar-refractivity contribution is 9.10. The minimum Gasteiger partial charge on any atom is -0.306 e. The van der Waals surface area contributed by atoms with Crippen LogP contribution in [0.5, 0.6) is 0 Å². The second-order valence-electron chi connectivity index (χ2n) is 4.67. The molecule has 0 aliphatic rings. The van der Waals surface area contributed by atoms with Crippen molar-refractivity contribution < 1.29 is 0 Å². The van der Waals surface area contributed by atoms with Crippen LogP contribution in [0, 0.1) is 6.92 Å². The van der Waals surface area contributed by atoms with Crippen LogP contribution in [0.3, 0.4) is 0 Å². The zero-order chi connectivity index (χ0) is 13.7. The van der Waals surface area contributed by atoms with E-state index < -0.39 is 0 Å². The zero-order valence-electron chi connectivity index (χ0n) is 11.4. The molecule has 19 heavy (non-hydrogen) atoms. The Bertz CT molecular complexity index is 540. The van der Waals surface area contributed by atoms with Crippen LogP contribution in [0.4, 0.5) is 0 Å². The molecule has 1 atom stereocenters. The fraction of sp³-hybridized carbons (Fsp3) is 0.312. The average Bonchev–Trinajstić information content (AvgIpc) is 2.41. The van der Waals surface area contributed by atoms with Gasteiger partial charge in [0.1, 0.15) is 0 Å². The summed E-state index contributed by atoms with van der Waals surface area (Å²) in [5.74, 6) is 0. The molecule has 0 radical (unpaired) electrons. The molecule has 3 heteroatoms. The number of nitrogens with zero attached hydrogens (tertiary/aromatic N) is 1. The molecule has 1 heterocycles. The standard InChI is InChI=1S/C16H19BrN2/c1-3-8-19-16(13-5-4-6-14(17)10-13)15-11-18-9-7-12(15)2/h4-7,9-11,16,19H,3,8H2,1-2H3. The Morgan fingerprint density at radius 1 is 1.32 bits per heavy atom. The van der Waals surface area contributed by atoms with Gasteiger partial charge in [-0.05, 0) is 54.8 Å². The van der Waals surface area contributed by atoms with Gasteiger partial charge in [-0.3, -0.25) is 4.98 Å². The maximum Gasteiger partial charge on any atom is 0.0595 e. The van der Waals surface area contributed by atoms with Crippen molar-refractivity contribution in [2.45, 2.75) is 26.3 Å². The summed E-state index contributed by atoms with van der Waals surface area (Å²) in [4.78, 5) is 4.27. The normalized spacial score (nSPS) is 12.4. The van der Waals surface area contributed by atoms with E-state index >= 15 is 0 Å². The molecular formula is C16H19BrN2. The Hall–Kier alpha value is -1.19. The van der Waals surface area contributed by atoms with Crippen LogP contribution in [0.15, 0.2) is 47.2 Å². The van der Waals surface area contributed by atoms with Crippen molar-refractivity contribution in [3.05, 3.63) is 63.9 Å². The lowest BCUT2D eigenvalue weighted by atomic mass is 9.96. The molecule has 1 aromatic carbocycles. The lowest BCUT2D eigenvalue weighted by Gasteiger charge is -2.21. The van der Waals surface area contributed by atoms with Gasteiger partial charge in [0.15, 0.2) is 0 Å². The number of halogens is 1. The second kappa shape index (κ2) is 6.83. The number of pyridine rings is 1. The molecule has 0 spiro atoms. The maximum absolute atomic E-state index is 4.27. The van der Waals surface area contributed by atoms with Gasteiger partial charge in [-0.15, -0.1) is 0 Å². The minimum atomic E-state index is 0.200. The minimum absolute atomic E-state index is 0.200. The topological polar surface area (TPSA) is 24.9 Å².